The van der Waals surface area contributed by atoms with Crippen molar-refractivity contribution >= 4 is 0 Å². The Balaban J connectivity index is 2.63. The average Bonchev–Trinajstić information content (AvgIpc) is 2.57. The minimum Gasteiger partial charge on any atom is -0.329 e. The third-order valence-corrected chi connectivity index (χ3v) is 1.63. The van der Waals surface area contributed by atoms with Crippen LogP contribution in [0.4, 0.5) is 0 Å². The van der Waals surface area contributed by atoms with E-state index in [1.165, 1.54) is 0 Å². The highest BCUT2D eigenvalue weighted by molar-refractivity contribution is 5.59. The Hall–Kier alpha value is -1.84. The van der Waals surface area contributed by atoms with Gasteiger partial charge in [-0.1, -0.05) is 0 Å². The molecule has 0 bridgehead atoms. The van der Waals surface area contributed by atoms with Gasteiger partial charge >= 0.3 is 0 Å². The molecule has 0 aliphatic carbocycles. The van der Waals surface area contributed by atoms with Crippen molar-refractivity contribution in [2.75, 3.05) is 0 Å². The number of pyridine rings is 1. The Morgan fingerprint density at radius 3 is 3.00 bits per heavy atom. The van der Waals surface area contributed by atoms with E-state index in [-0.39, 0.29) is 5.56 Å². The standard InChI is InChI=1S/C8H7N3O/c12-8-7(2-1-3-9-8)6-4-10-11-5-6/h1-5H,(H,9,12)(H,10,11). The normalized spacial score (nSPS) is 10.0. The molecule has 4 nitrogen and oxygen atoms in total. The maximum Gasteiger partial charge on any atom is 0.255 e. The number of H-pyrrole nitrogens is 2. The van der Waals surface area contributed by atoms with Gasteiger partial charge in [-0.2, -0.15) is 5.10 Å². The highest BCUT2D eigenvalue weighted by Gasteiger charge is 2.01. The van der Waals surface area contributed by atoms with E-state index >= 15 is 0 Å². The number of aromatic amines is 2. The van der Waals surface area contributed by atoms with Crippen LogP contribution in [0.25, 0.3) is 11.1 Å². The van der Waals surface area contributed by atoms with Gasteiger partial charge in [0.15, 0.2) is 0 Å². The summed E-state index contributed by atoms with van der Waals surface area (Å²) >= 11 is 0. The van der Waals surface area contributed by atoms with Crippen molar-refractivity contribution < 1.29 is 0 Å². The summed E-state index contributed by atoms with van der Waals surface area (Å²) in [5, 5.41) is 6.41. The molecule has 0 spiro atoms. The smallest absolute Gasteiger partial charge is 0.255 e. The van der Waals surface area contributed by atoms with Crippen LogP contribution in [0.3, 0.4) is 0 Å². The summed E-state index contributed by atoms with van der Waals surface area (Å²) in [6.45, 7) is 0. The van der Waals surface area contributed by atoms with Gasteiger partial charge in [-0.05, 0) is 12.1 Å². The van der Waals surface area contributed by atoms with Crippen LogP contribution in [-0.2, 0) is 0 Å². The molecule has 12 heavy (non-hydrogen) atoms. The van der Waals surface area contributed by atoms with Crippen LogP contribution >= 0.6 is 0 Å². The molecule has 0 aliphatic rings. The van der Waals surface area contributed by atoms with Crippen molar-refractivity contribution in [3.63, 3.8) is 0 Å². The summed E-state index contributed by atoms with van der Waals surface area (Å²) in [6, 6.07) is 3.54. The van der Waals surface area contributed by atoms with Gasteiger partial charge in [0.25, 0.3) is 5.56 Å². The molecule has 60 valence electrons. The van der Waals surface area contributed by atoms with E-state index in [4.69, 9.17) is 0 Å². The predicted octanol–water partition coefficient (Wildman–Crippen LogP) is 0.765. The van der Waals surface area contributed by atoms with Crippen molar-refractivity contribution in [3.8, 4) is 11.1 Å². The first-order valence-corrected chi connectivity index (χ1v) is 3.55. The van der Waals surface area contributed by atoms with Gasteiger partial charge in [-0.25, -0.2) is 0 Å². The fraction of sp³-hybridized carbons (Fsp3) is 0. The number of hydrogen-bond donors (Lipinski definition) is 2. The van der Waals surface area contributed by atoms with Gasteiger partial charge < -0.3 is 4.98 Å². The van der Waals surface area contributed by atoms with E-state index in [1.807, 2.05) is 0 Å². The van der Waals surface area contributed by atoms with Crippen molar-refractivity contribution in [1.29, 1.82) is 0 Å². The number of aromatic nitrogens is 3. The molecule has 0 unspecified atom stereocenters. The lowest BCUT2D eigenvalue weighted by atomic mass is 10.2. The molecule has 0 saturated carbocycles. The Labute approximate surface area is 68.3 Å². The summed E-state index contributed by atoms with van der Waals surface area (Å²) in [7, 11) is 0. The van der Waals surface area contributed by atoms with Gasteiger partial charge in [0, 0.05) is 18.0 Å². The van der Waals surface area contributed by atoms with Gasteiger partial charge in [0.2, 0.25) is 0 Å². The Morgan fingerprint density at radius 2 is 2.33 bits per heavy atom. The van der Waals surface area contributed by atoms with E-state index in [9.17, 15) is 4.79 Å². The van der Waals surface area contributed by atoms with Gasteiger partial charge in [0.1, 0.15) is 0 Å². The third-order valence-electron chi connectivity index (χ3n) is 1.63. The first-order valence-electron chi connectivity index (χ1n) is 3.55. The van der Waals surface area contributed by atoms with Crippen LogP contribution in [0.5, 0.6) is 0 Å². The molecule has 2 aromatic rings. The van der Waals surface area contributed by atoms with Crippen LogP contribution in [0.15, 0.2) is 35.5 Å². The molecule has 4 heteroatoms. The second-order valence-corrected chi connectivity index (χ2v) is 2.40. The molecule has 0 radical (unpaired) electrons. The number of nitrogens with one attached hydrogen (secondary N) is 2. The molecule has 0 aromatic carbocycles. The largest absolute Gasteiger partial charge is 0.329 e. The second kappa shape index (κ2) is 2.65. The monoisotopic (exact) mass is 161 g/mol. The third kappa shape index (κ3) is 1.03. The number of nitrogens with zero attached hydrogens (tertiary/aromatic N) is 1. The molecule has 2 heterocycles. The van der Waals surface area contributed by atoms with Crippen LogP contribution in [0.2, 0.25) is 0 Å². The maximum absolute atomic E-state index is 11.2. The van der Waals surface area contributed by atoms with Crippen LogP contribution in [0, 0.1) is 0 Å². The van der Waals surface area contributed by atoms with Crippen molar-refractivity contribution in [2.45, 2.75) is 0 Å². The summed E-state index contributed by atoms with van der Waals surface area (Å²) in [5.74, 6) is 0. The average molecular weight is 161 g/mol. The minimum atomic E-state index is -0.0982. The summed E-state index contributed by atoms with van der Waals surface area (Å²) < 4.78 is 0. The van der Waals surface area contributed by atoms with E-state index in [2.05, 4.69) is 15.2 Å². The number of rotatable bonds is 1. The molecule has 0 aliphatic heterocycles. The molecule has 0 saturated heterocycles. The Bertz CT molecular complexity index is 416. The zero-order valence-electron chi connectivity index (χ0n) is 6.24. The van der Waals surface area contributed by atoms with E-state index in [0.29, 0.717) is 5.56 Å². The van der Waals surface area contributed by atoms with E-state index < -0.39 is 0 Å². The summed E-state index contributed by atoms with van der Waals surface area (Å²) in [5.41, 5.74) is 1.34. The molecular formula is C8H7N3O. The van der Waals surface area contributed by atoms with Gasteiger partial charge in [-0.3, -0.25) is 9.89 Å². The first kappa shape index (κ1) is 6.84. The molecular weight excluding hydrogens is 154 g/mol. The van der Waals surface area contributed by atoms with Crippen LogP contribution < -0.4 is 5.56 Å². The molecule has 0 fully saturated rings. The quantitative estimate of drug-likeness (QED) is 0.648. The second-order valence-electron chi connectivity index (χ2n) is 2.40. The van der Waals surface area contributed by atoms with Crippen molar-refractivity contribution in [1.82, 2.24) is 15.2 Å². The lowest BCUT2D eigenvalue weighted by molar-refractivity contribution is 1.09. The summed E-state index contributed by atoms with van der Waals surface area (Å²) in [6.07, 6.45) is 4.90. The lowest BCUT2D eigenvalue weighted by Crippen LogP contribution is -2.06. The molecule has 2 aromatic heterocycles. The molecule has 0 amide bonds. The van der Waals surface area contributed by atoms with Gasteiger partial charge in [0.05, 0.1) is 11.8 Å². The Morgan fingerprint density at radius 1 is 1.42 bits per heavy atom. The first-order chi connectivity index (χ1) is 5.88. The van der Waals surface area contributed by atoms with Crippen LogP contribution in [0.1, 0.15) is 0 Å². The fourth-order valence-corrected chi connectivity index (χ4v) is 1.05. The highest BCUT2D eigenvalue weighted by Crippen LogP contribution is 2.10. The zero-order chi connectivity index (χ0) is 8.39. The highest BCUT2D eigenvalue weighted by atomic mass is 16.1. The van der Waals surface area contributed by atoms with E-state index in [0.717, 1.165) is 5.56 Å². The molecule has 2 N–H and O–H groups in total. The minimum absolute atomic E-state index is 0.0982. The predicted molar refractivity (Wildman–Crippen MR) is 44.6 cm³/mol. The van der Waals surface area contributed by atoms with Crippen LogP contribution in [-0.4, -0.2) is 15.2 Å². The van der Waals surface area contributed by atoms with E-state index in [1.54, 1.807) is 30.7 Å². The fourth-order valence-electron chi connectivity index (χ4n) is 1.05. The zero-order valence-corrected chi connectivity index (χ0v) is 6.24. The number of hydrogen-bond acceptors (Lipinski definition) is 2. The van der Waals surface area contributed by atoms with Crippen molar-refractivity contribution in [2.24, 2.45) is 0 Å². The lowest BCUT2D eigenvalue weighted by Gasteiger charge is -1.91. The Kier molecular flexibility index (Phi) is 1.51. The maximum atomic E-state index is 11.2. The SMILES string of the molecule is O=c1[nH]cccc1-c1cn[nH]c1. The molecule has 0 atom stereocenters. The topological polar surface area (TPSA) is 61.5 Å². The van der Waals surface area contributed by atoms with Crippen molar-refractivity contribution in [3.05, 3.63) is 41.1 Å². The van der Waals surface area contributed by atoms with Gasteiger partial charge in [-0.15, -0.1) is 0 Å². The molecule has 2 rings (SSSR count). The summed E-state index contributed by atoms with van der Waals surface area (Å²) in [4.78, 5) is 13.8.